The summed E-state index contributed by atoms with van der Waals surface area (Å²) in [4.78, 5) is 7.92. The van der Waals surface area contributed by atoms with E-state index in [1.165, 1.54) is 24.5 Å². The van der Waals surface area contributed by atoms with Crippen LogP contribution in [0.4, 0.5) is 8.78 Å². The number of nitrogens with zero attached hydrogens (tertiary/aromatic N) is 2. The Kier molecular flexibility index (Phi) is 3.54. The number of hydrogen-bond donors (Lipinski definition) is 0. The number of allylic oxidation sites excluding steroid dienone is 2. The Hall–Kier alpha value is -2.10. The predicted octanol–water partition coefficient (Wildman–Crippen LogP) is 4.38. The minimum atomic E-state index is -0.487. The molecule has 102 valence electrons. The van der Waals surface area contributed by atoms with Crippen molar-refractivity contribution in [3.8, 4) is 11.4 Å². The van der Waals surface area contributed by atoms with Crippen molar-refractivity contribution in [3.63, 3.8) is 0 Å². The quantitative estimate of drug-likeness (QED) is 0.810. The Morgan fingerprint density at radius 2 is 1.60 bits per heavy atom. The first-order chi connectivity index (χ1) is 9.75. The molecule has 0 N–H and O–H groups in total. The molecule has 20 heavy (non-hydrogen) atoms. The Balaban J connectivity index is 2.05. The Bertz CT molecular complexity index is 651. The second-order valence-corrected chi connectivity index (χ2v) is 4.86. The first-order valence-corrected chi connectivity index (χ1v) is 6.71. The highest BCUT2D eigenvalue weighted by Crippen LogP contribution is 2.31. The van der Waals surface area contributed by atoms with Crippen LogP contribution in [0.5, 0.6) is 0 Å². The maximum Gasteiger partial charge on any atom is 0.162 e. The fraction of sp³-hybridized carbons (Fsp3) is 0.250. The highest BCUT2D eigenvalue weighted by atomic mass is 19.1. The fourth-order valence-corrected chi connectivity index (χ4v) is 2.49. The predicted molar refractivity (Wildman–Crippen MR) is 73.8 cm³/mol. The number of benzene rings is 1. The lowest BCUT2D eigenvalue weighted by atomic mass is 9.92. The lowest BCUT2D eigenvalue weighted by Gasteiger charge is -2.14. The second-order valence-electron chi connectivity index (χ2n) is 4.86. The van der Waals surface area contributed by atoms with Crippen LogP contribution < -0.4 is 0 Å². The number of halogens is 2. The largest absolute Gasteiger partial charge is 0.236 e. The Morgan fingerprint density at radius 3 is 2.30 bits per heavy atom. The summed E-state index contributed by atoms with van der Waals surface area (Å²) in [5.41, 5.74) is 1.36. The zero-order valence-electron chi connectivity index (χ0n) is 10.9. The molecule has 1 aliphatic rings. The number of rotatable bonds is 2. The van der Waals surface area contributed by atoms with Gasteiger partial charge in [-0.2, -0.15) is 0 Å². The Labute approximate surface area is 116 Å². The molecule has 0 radical (unpaired) electrons. The Morgan fingerprint density at radius 1 is 0.900 bits per heavy atom. The van der Waals surface area contributed by atoms with Gasteiger partial charge in [-0.3, -0.25) is 0 Å². The lowest BCUT2D eigenvalue weighted by molar-refractivity contribution is 0.596. The standard InChI is InChI=1S/C16H14F2N2/c17-14-10-13(16-19-7-4-8-20-16)15(18)9-12(14)11-5-2-1-3-6-11/h4-5,7-10H,1-3,6H2. The van der Waals surface area contributed by atoms with Gasteiger partial charge in [0.15, 0.2) is 5.82 Å². The molecule has 0 saturated heterocycles. The number of hydrogen-bond acceptors (Lipinski definition) is 2. The summed E-state index contributed by atoms with van der Waals surface area (Å²) in [5, 5.41) is 0. The second kappa shape index (κ2) is 5.49. The van der Waals surface area contributed by atoms with Gasteiger partial charge in [0, 0.05) is 18.0 Å². The topological polar surface area (TPSA) is 25.8 Å². The molecule has 0 atom stereocenters. The van der Waals surface area contributed by atoms with Gasteiger partial charge in [-0.25, -0.2) is 18.7 Å². The van der Waals surface area contributed by atoms with E-state index in [9.17, 15) is 8.78 Å². The zero-order valence-corrected chi connectivity index (χ0v) is 10.9. The van der Waals surface area contributed by atoms with Crippen molar-refractivity contribution in [2.24, 2.45) is 0 Å². The van der Waals surface area contributed by atoms with Crippen LogP contribution in [-0.4, -0.2) is 9.97 Å². The van der Waals surface area contributed by atoms with Crippen LogP contribution >= 0.6 is 0 Å². The number of aromatic nitrogens is 2. The van der Waals surface area contributed by atoms with Crippen LogP contribution in [-0.2, 0) is 0 Å². The van der Waals surface area contributed by atoms with Crippen molar-refractivity contribution in [1.29, 1.82) is 0 Å². The third-order valence-electron chi connectivity index (χ3n) is 3.50. The molecule has 1 aromatic heterocycles. The summed E-state index contributed by atoms with van der Waals surface area (Å²) < 4.78 is 28.4. The van der Waals surface area contributed by atoms with E-state index in [1.807, 2.05) is 6.08 Å². The molecule has 1 aliphatic carbocycles. The van der Waals surface area contributed by atoms with Crippen molar-refractivity contribution in [2.45, 2.75) is 25.7 Å². The minimum absolute atomic E-state index is 0.100. The van der Waals surface area contributed by atoms with Gasteiger partial charge in [-0.15, -0.1) is 0 Å². The van der Waals surface area contributed by atoms with E-state index in [0.29, 0.717) is 5.56 Å². The van der Waals surface area contributed by atoms with Gasteiger partial charge in [-0.1, -0.05) is 6.08 Å². The third-order valence-corrected chi connectivity index (χ3v) is 3.50. The molecule has 0 unspecified atom stereocenters. The molecule has 1 heterocycles. The van der Waals surface area contributed by atoms with Gasteiger partial charge >= 0.3 is 0 Å². The summed E-state index contributed by atoms with van der Waals surface area (Å²) in [6.45, 7) is 0. The van der Waals surface area contributed by atoms with E-state index in [1.54, 1.807) is 6.07 Å². The van der Waals surface area contributed by atoms with Crippen LogP contribution in [0.3, 0.4) is 0 Å². The van der Waals surface area contributed by atoms with Crippen molar-refractivity contribution in [2.75, 3.05) is 0 Å². The highest BCUT2D eigenvalue weighted by molar-refractivity contribution is 5.69. The maximum absolute atomic E-state index is 14.2. The molecule has 0 saturated carbocycles. The molecule has 2 nitrogen and oxygen atoms in total. The fourth-order valence-electron chi connectivity index (χ4n) is 2.49. The van der Waals surface area contributed by atoms with Gasteiger partial charge < -0.3 is 0 Å². The average molecular weight is 272 g/mol. The van der Waals surface area contributed by atoms with Gasteiger partial charge in [0.25, 0.3) is 0 Å². The van der Waals surface area contributed by atoms with Gasteiger partial charge in [-0.05, 0) is 49.5 Å². The van der Waals surface area contributed by atoms with Gasteiger partial charge in [0.2, 0.25) is 0 Å². The van der Waals surface area contributed by atoms with Crippen molar-refractivity contribution in [1.82, 2.24) is 9.97 Å². The van der Waals surface area contributed by atoms with Crippen LogP contribution in [0.2, 0.25) is 0 Å². The molecule has 0 aliphatic heterocycles. The first-order valence-electron chi connectivity index (χ1n) is 6.71. The zero-order chi connectivity index (χ0) is 13.9. The summed E-state index contributed by atoms with van der Waals surface area (Å²) in [5.74, 6) is -0.700. The van der Waals surface area contributed by atoms with E-state index in [4.69, 9.17) is 0 Å². The van der Waals surface area contributed by atoms with Gasteiger partial charge in [0.05, 0.1) is 5.56 Å². The molecule has 0 bridgehead atoms. The molecule has 4 heteroatoms. The molecular formula is C16H14F2N2. The van der Waals surface area contributed by atoms with E-state index < -0.39 is 11.6 Å². The van der Waals surface area contributed by atoms with E-state index >= 15 is 0 Å². The SMILES string of the molecule is Fc1cc(-c2ncccn2)c(F)cc1C1=CCCCC1. The summed E-state index contributed by atoms with van der Waals surface area (Å²) in [6, 6.07) is 4.09. The molecule has 3 rings (SSSR count). The normalized spacial score (nSPS) is 15.0. The molecule has 2 aromatic rings. The minimum Gasteiger partial charge on any atom is -0.236 e. The average Bonchev–Trinajstić information content (AvgIpc) is 2.51. The molecule has 1 aromatic carbocycles. The highest BCUT2D eigenvalue weighted by Gasteiger charge is 2.16. The smallest absolute Gasteiger partial charge is 0.162 e. The molecule has 0 spiro atoms. The lowest BCUT2D eigenvalue weighted by Crippen LogP contribution is -1.99. The van der Waals surface area contributed by atoms with Crippen LogP contribution in [0.1, 0.15) is 31.2 Å². The van der Waals surface area contributed by atoms with Gasteiger partial charge in [0.1, 0.15) is 11.6 Å². The summed E-state index contributed by atoms with van der Waals surface area (Å²) in [7, 11) is 0. The summed E-state index contributed by atoms with van der Waals surface area (Å²) >= 11 is 0. The van der Waals surface area contributed by atoms with Crippen molar-refractivity contribution < 1.29 is 8.78 Å². The molecule has 0 fully saturated rings. The van der Waals surface area contributed by atoms with E-state index in [-0.39, 0.29) is 11.4 Å². The van der Waals surface area contributed by atoms with Crippen LogP contribution in [0, 0.1) is 11.6 Å². The molecular weight excluding hydrogens is 258 g/mol. The van der Waals surface area contributed by atoms with Crippen LogP contribution in [0.15, 0.2) is 36.7 Å². The van der Waals surface area contributed by atoms with Crippen molar-refractivity contribution in [3.05, 3.63) is 53.9 Å². The monoisotopic (exact) mass is 272 g/mol. The summed E-state index contributed by atoms with van der Waals surface area (Å²) in [6.07, 6.45) is 8.89. The maximum atomic E-state index is 14.2. The van der Waals surface area contributed by atoms with E-state index in [0.717, 1.165) is 31.3 Å². The third kappa shape index (κ3) is 2.46. The van der Waals surface area contributed by atoms with Crippen LogP contribution in [0.25, 0.3) is 17.0 Å². The van der Waals surface area contributed by atoms with Crippen molar-refractivity contribution >= 4 is 5.57 Å². The first kappa shape index (κ1) is 12.9. The molecule has 0 amide bonds. The van der Waals surface area contributed by atoms with E-state index in [2.05, 4.69) is 9.97 Å².